The van der Waals surface area contributed by atoms with Gasteiger partial charge in [0.2, 0.25) is 0 Å². The predicted octanol–water partition coefficient (Wildman–Crippen LogP) is 0.941. The molecule has 0 radical (unpaired) electrons. The quantitative estimate of drug-likeness (QED) is 0.668. The van der Waals surface area contributed by atoms with E-state index in [4.69, 9.17) is 5.11 Å². The van der Waals surface area contributed by atoms with E-state index in [1.165, 1.54) is 0 Å². The lowest BCUT2D eigenvalue weighted by atomic mass is 10.1. The van der Waals surface area contributed by atoms with Crippen LogP contribution in [0.4, 0.5) is 13.2 Å². The molecule has 0 amide bonds. The molecule has 2 N–H and O–H groups in total. The van der Waals surface area contributed by atoms with Crippen molar-refractivity contribution in [2.75, 3.05) is 13.2 Å². The van der Waals surface area contributed by atoms with Gasteiger partial charge in [0.05, 0.1) is 12.5 Å². The van der Waals surface area contributed by atoms with E-state index in [0.717, 1.165) is 0 Å². The molecule has 0 aromatic carbocycles. The van der Waals surface area contributed by atoms with Crippen LogP contribution in [0.3, 0.4) is 0 Å². The predicted molar refractivity (Wildman–Crippen MR) is 40.3 cm³/mol. The molecule has 2 unspecified atom stereocenters. The Hall–Kier alpha value is -0.0000000000000000486. The lowest BCUT2D eigenvalue weighted by molar-refractivity contribution is -0.169. The number of rotatable bonds is 1. The van der Waals surface area contributed by atoms with Crippen LogP contribution in [0.5, 0.6) is 0 Å². The number of hydrogen-bond donors (Lipinski definition) is 2. The van der Waals surface area contributed by atoms with E-state index < -0.39 is 12.1 Å². The van der Waals surface area contributed by atoms with Crippen LogP contribution < -0.4 is 5.32 Å². The van der Waals surface area contributed by atoms with E-state index in [1.807, 2.05) is 0 Å². The highest BCUT2D eigenvalue weighted by Crippen LogP contribution is 2.32. The third kappa shape index (κ3) is 2.80. The molecule has 0 bridgehead atoms. The molecule has 6 heteroatoms. The van der Waals surface area contributed by atoms with Gasteiger partial charge in [0.15, 0.2) is 0 Å². The SMILES string of the molecule is Cl.OCC1CC(C(F)(F)F)CN1. The van der Waals surface area contributed by atoms with Crippen LogP contribution in [0.2, 0.25) is 0 Å². The average molecular weight is 206 g/mol. The summed E-state index contributed by atoms with van der Waals surface area (Å²) in [5.41, 5.74) is 0. The molecule has 2 nitrogen and oxygen atoms in total. The van der Waals surface area contributed by atoms with Crippen molar-refractivity contribution in [2.45, 2.75) is 18.6 Å². The highest BCUT2D eigenvalue weighted by atomic mass is 35.5. The van der Waals surface area contributed by atoms with Crippen molar-refractivity contribution < 1.29 is 18.3 Å². The lowest BCUT2D eigenvalue weighted by Crippen LogP contribution is -2.25. The van der Waals surface area contributed by atoms with Crippen LogP contribution in [0.25, 0.3) is 0 Å². The summed E-state index contributed by atoms with van der Waals surface area (Å²) < 4.78 is 35.8. The third-order valence-electron chi connectivity index (χ3n) is 1.91. The first-order valence-corrected chi connectivity index (χ1v) is 3.45. The van der Waals surface area contributed by atoms with Crippen LogP contribution in [0.1, 0.15) is 6.42 Å². The summed E-state index contributed by atoms with van der Waals surface area (Å²) in [6, 6.07) is -0.373. The first-order valence-electron chi connectivity index (χ1n) is 3.45. The first-order chi connectivity index (χ1) is 5.04. The maximum absolute atomic E-state index is 11.9. The molecule has 0 aliphatic carbocycles. The second kappa shape index (κ2) is 4.30. The van der Waals surface area contributed by atoms with E-state index in [0.29, 0.717) is 0 Å². The van der Waals surface area contributed by atoms with Crippen molar-refractivity contribution in [1.82, 2.24) is 5.32 Å². The largest absolute Gasteiger partial charge is 0.395 e. The standard InChI is InChI=1S/C6H10F3NO.ClH/c7-6(8,9)4-1-5(3-11)10-2-4;/h4-5,10-11H,1-3H2;1H. The normalized spacial score (nSPS) is 30.0. The molecule has 1 aliphatic rings. The van der Waals surface area contributed by atoms with E-state index in [2.05, 4.69) is 5.32 Å². The van der Waals surface area contributed by atoms with Crippen molar-refractivity contribution in [1.29, 1.82) is 0 Å². The fraction of sp³-hybridized carbons (Fsp3) is 1.00. The summed E-state index contributed by atoms with van der Waals surface area (Å²) in [4.78, 5) is 0. The number of hydrogen-bond acceptors (Lipinski definition) is 2. The maximum atomic E-state index is 11.9. The van der Waals surface area contributed by atoms with Gasteiger partial charge in [0, 0.05) is 12.6 Å². The van der Waals surface area contributed by atoms with Crippen molar-refractivity contribution in [3.05, 3.63) is 0 Å². The molecule has 12 heavy (non-hydrogen) atoms. The zero-order valence-corrected chi connectivity index (χ0v) is 7.08. The highest BCUT2D eigenvalue weighted by Gasteiger charge is 2.43. The van der Waals surface area contributed by atoms with Gasteiger partial charge in [0.1, 0.15) is 0 Å². The molecule has 0 saturated carbocycles. The zero-order chi connectivity index (χ0) is 8.48. The number of nitrogens with one attached hydrogen (secondary N) is 1. The number of aliphatic hydroxyl groups is 1. The fourth-order valence-corrected chi connectivity index (χ4v) is 1.21. The van der Waals surface area contributed by atoms with Crippen molar-refractivity contribution >= 4 is 12.4 Å². The smallest absolute Gasteiger partial charge is 0.393 e. The topological polar surface area (TPSA) is 32.3 Å². The molecule has 1 aliphatic heterocycles. The van der Waals surface area contributed by atoms with Gasteiger partial charge < -0.3 is 10.4 Å². The van der Waals surface area contributed by atoms with Crippen LogP contribution in [0, 0.1) is 5.92 Å². The molecule has 1 saturated heterocycles. The second-order valence-corrected chi connectivity index (χ2v) is 2.76. The van der Waals surface area contributed by atoms with Gasteiger partial charge in [-0.05, 0) is 6.42 Å². The number of alkyl halides is 3. The summed E-state index contributed by atoms with van der Waals surface area (Å²) in [7, 11) is 0. The lowest BCUT2D eigenvalue weighted by Gasteiger charge is -2.12. The minimum absolute atomic E-state index is 0. The Morgan fingerprint density at radius 1 is 1.42 bits per heavy atom. The average Bonchev–Trinajstić information content (AvgIpc) is 2.32. The Balaban J connectivity index is 0.00000121. The van der Waals surface area contributed by atoms with Gasteiger partial charge >= 0.3 is 6.18 Å². The van der Waals surface area contributed by atoms with Gasteiger partial charge in [0.25, 0.3) is 0 Å². The summed E-state index contributed by atoms with van der Waals surface area (Å²) in [5.74, 6) is -1.28. The minimum atomic E-state index is -4.11. The zero-order valence-electron chi connectivity index (χ0n) is 6.27. The molecule has 1 fully saturated rings. The van der Waals surface area contributed by atoms with Crippen LogP contribution >= 0.6 is 12.4 Å². The van der Waals surface area contributed by atoms with Crippen molar-refractivity contribution in [3.8, 4) is 0 Å². The molecule has 2 atom stereocenters. The van der Waals surface area contributed by atoms with Crippen LogP contribution in [-0.2, 0) is 0 Å². The Morgan fingerprint density at radius 3 is 2.25 bits per heavy atom. The maximum Gasteiger partial charge on any atom is 0.393 e. The Kier molecular flexibility index (Phi) is 4.30. The molecule has 0 aromatic heterocycles. The third-order valence-corrected chi connectivity index (χ3v) is 1.91. The second-order valence-electron chi connectivity index (χ2n) is 2.76. The Bertz CT molecular complexity index is 141. The van der Waals surface area contributed by atoms with Crippen LogP contribution in [0.15, 0.2) is 0 Å². The molecule has 1 heterocycles. The van der Waals surface area contributed by atoms with Crippen molar-refractivity contribution in [3.63, 3.8) is 0 Å². The van der Waals surface area contributed by atoms with E-state index in [-0.39, 0.29) is 38.0 Å². The van der Waals surface area contributed by atoms with E-state index in [9.17, 15) is 13.2 Å². The van der Waals surface area contributed by atoms with Crippen molar-refractivity contribution in [2.24, 2.45) is 5.92 Å². The van der Waals surface area contributed by atoms with Gasteiger partial charge in [-0.1, -0.05) is 0 Å². The Morgan fingerprint density at radius 2 is 2.00 bits per heavy atom. The summed E-state index contributed by atoms with van der Waals surface area (Å²) in [5, 5.41) is 11.1. The van der Waals surface area contributed by atoms with Gasteiger partial charge in [-0.15, -0.1) is 12.4 Å². The number of aliphatic hydroxyl groups excluding tert-OH is 1. The molecular weight excluding hydrogens is 195 g/mol. The molecule has 0 spiro atoms. The monoisotopic (exact) mass is 205 g/mol. The fourth-order valence-electron chi connectivity index (χ4n) is 1.21. The summed E-state index contributed by atoms with van der Waals surface area (Å²) in [6.07, 6.45) is -4.11. The summed E-state index contributed by atoms with van der Waals surface area (Å²) >= 11 is 0. The minimum Gasteiger partial charge on any atom is -0.395 e. The van der Waals surface area contributed by atoms with E-state index >= 15 is 0 Å². The molecular formula is C6H11ClF3NO. The first kappa shape index (κ1) is 12.0. The number of halogens is 4. The van der Waals surface area contributed by atoms with Gasteiger partial charge in [-0.3, -0.25) is 0 Å². The van der Waals surface area contributed by atoms with E-state index in [1.54, 1.807) is 0 Å². The van der Waals surface area contributed by atoms with Gasteiger partial charge in [-0.2, -0.15) is 13.2 Å². The van der Waals surface area contributed by atoms with Crippen LogP contribution in [-0.4, -0.2) is 30.5 Å². The molecule has 1 rings (SSSR count). The highest BCUT2D eigenvalue weighted by molar-refractivity contribution is 5.85. The summed E-state index contributed by atoms with van der Waals surface area (Å²) in [6.45, 7) is -0.276. The van der Waals surface area contributed by atoms with Gasteiger partial charge in [-0.25, -0.2) is 0 Å². The Labute approximate surface area is 74.6 Å². The molecule has 74 valence electrons. The molecule has 0 aromatic rings.